The van der Waals surface area contributed by atoms with Crippen LogP contribution in [-0.2, 0) is 0 Å². The molecule has 0 aliphatic heterocycles. The summed E-state index contributed by atoms with van der Waals surface area (Å²) in [5.41, 5.74) is 0. The van der Waals surface area contributed by atoms with Crippen molar-refractivity contribution in [2.75, 3.05) is 26.3 Å². The minimum absolute atomic E-state index is 0. The summed E-state index contributed by atoms with van der Waals surface area (Å²) in [5, 5.41) is 5.36. The highest BCUT2D eigenvalue weighted by molar-refractivity contribution is 6.36. The van der Waals surface area contributed by atoms with Crippen molar-refractivity contribution < 1.29 is 21.9 Å². The number of nitrogens with one attached hydrogen (secondary N) is 1. The zero-order valence-electron chi connectivity index (χ0n) is 12.5. The molecule has 132 valence electrons. The van der Waals surface area contributed by atoms with Gasteiger partial charge in [-0.3, -0.25) is 0 Å². The van der Waals surface area contributed by atoms with E-state index >= 15 is 0 Å². The molecule has 0 radical (unpaired) electrons. The quantitative estimate of drug-likeness (QED) is 0.653. The van der Waals surface area contributed by atoms with Crippen LogP contribution < -0.4 is 27.2 Å². The Morgan fingerprint density at radius 1 is 0.708 bits per heavy atom. The van der Waals surface area contributed by atoms with Crippen molar-refractivity contribution in [3.8, 4) is 11.5 Å². The van der Waals surface area contributed by atoms with Crippen LogP contribution in [0.3, 0.4) is 0 Å². The zero-order valence-corrected chi connectivity index (χ0v) is 16.3. The molecule has 0 fully saturated rings. The third-order valence-electron chi connectivity index (χ3n) is 2.86. The average Bonchev–Trinajstić information content (AvgIpc) is 2.50. The third-order valence-corrected chi connectivity index (χ3v) is 3.92. The maximum Gasteiger partial charge on any atom is 0.138 e. The van der Waals surface area contributed by atoms with Crippen LogP contribution in [0.2, 0.25) is 20.1 Å². The molecule has 0 unspecified atom stereocenters. The van der Waals surface area contributed by atoms with Crippen molar-refractivity contribution >= 4 is 46.4 Å². The van der Waals surface area contributed by atoms with Gasteiger partial charge in [0, 0.05) is 23.1 Å². The molecule has 0 bridgehead atoms. The fourth-order valence-electron chi connectivity index (χ4n) is 1.78. The largest absolute Gasteiger partial charge is 1.00 e. The number of hydrogen-bond acceptors (Lipinski definition) is 3. The molecule has 0 heterocycles. The predicted octanol–water partition coefficient (Wildman–Crippen LogP) is 2.35. The van der Waals surface area contributed by atoms with Crippen LogP contribution in [0.1, 0.15) is 0 Å². The second kappa shape index (κ2) is 11.1. The van der Waals surface area contributed by atoms with Crippen LogP contribution in [0.25, 0.3) is 0 Å². The molecular formula is C16H15Cl5NO2-. The standard InChI is InChI=1S/C16H15Cl4NO2.ClH/c17-11-1-3-15(13(19)9-11)22-7-5-21-6-8-23-16-4-2-12(18)10-14(16)20;/h1-4,9-10,21H,5-8H2;1H/p-1. The Morgan fingerprint density at radius 3 is 1.50 bits per heavy atom. The van der Waals surface area contributed by atoms with Gasteiger partial charge in [-0.05, 0) is 36.4 Å². The molecule has 2 rings (SSSR count). The van der Waals surface area contributed by atoms with E-state index in [1.807, 2.05) is 0 Å². The molecule has 8 heteroatoms. The van der Waals surface area contributed by atoms with E-state index in [-0.39, 0.29) is 12.4 Å². The van der Waals surface area contributed by atoms with Crippen LogP contribution >= 0.6 is 46.4 Å². The Morgan fingerprint density at radius 2 is 1.12 bits per heavy atom. The average molecular weight is 431 g/mol. The van der Waals surface area contributed by atoms with Crippen molar-refractivity contribution in [1.29, 1.82) is 0 Å². The Balaban J connectivity index is 0.00000288. The summed E-state index contributed by atoms with van der Waals surface area (Å²) in [6.07, 6.45) is 0. The van der Waals surface area contributed by atoms with E-state index in [1.165, 1.54) is 0 Å². The normalized spacial score (nSPS) is 10.2. The summed E-state index contributed by atoms with van der Waals surface area (Å²) in [4.78, 5) is 0. The first kappa shape index (κ1) is 21.5. The van der Waals surface area contributed by atoms with Crippen LogP contribution in [0.15, 0.2) is 36.4 Å². The number of rotatable bonds is 8. The summed E-state index contributed by atoms with van der Waals surface area (Å²) in [7, 11) is 0. The molecule has 2 aromatic carbocycles. The van der Waals surface area contributed by atoms with E-state index in [9.17, 15) is 0 Å². The van der Waals surface area contributed by atoms with Crippen LogP contribution in [-0.4, -0.2) is 26.3 Å². The lowest BCUT2D eigenvalue weighted by Crippen LogP contribution is -3.00. The summed E-state index contributed by atoms with van der Waals surface area (Å²) >= 11 is 23.7. The van der Waals surface area contributed by atoms with Gasteiger partial charge in [-0.2, -0.15) is 0 Å². The van der Waals surface area contributed by atoms with Crippen molar-refractivity contribution in [2.24, 2.45) is 0 Å². The van der Waals surface area contributed by atoms with Crippen LogP contribution in [0, 0.1) is 0 Å². The van der Waals surface area contributed by atoms with Gasteiger partial charge in [-0.15, -0.1) is 0 Å². The molecule has 0 aromatic heterocycles. The number of benzene rings is 2. The second-order valence-corrected chi connectivity index (χ2v) is 6.28. The van der Waals surface area contributed by atoms with E-state index in [0.717, 1.165) is 0 Å². The Bertz CT molecular complexity index is 599. The first-order valence-electron chi connectivity index (χ1n) is 6.92. The molecule has 0 spiro atoms. The van der Waals surface area contributed by atoms with E-state index in [0.29, 0.717) is 57.9 Å². The molecule has 0 aliphatic carbocycles. The second-order valence-electron chi connectivity index (χ2n) is 4.60. The van der Waals surface area contributed by atoms with Crippen molar-refractivity contribution in [2.45, 2.75) is 0 Å². The number of hydrogen-bond donors (Lipinski definition) is 1. The maximum atomic E-state index is 6.01. The molecule has 0 saturated heterocycles. The summed E-state index contributed by atoms with van der Waals surface area (Å²) < 4.78 is 11.1. The van der Waals surface area contributed by atoms with Crippen molar-refractivity contribution in [1.82, 2.24) is 5.32 Å². The molecular weight excluding hydrogens is 415 g/mol. The van der Waals surface area contributed by atoms with E-state index in [2.05, 4.69) is 5.32 Å². The smallest absolute Gasteiger partial charge is 0.138 e. The molecule has 24 heavy (non-hydrogen) atoms. The summed E-state index contributed by atoms with van der Waals surface area (Å²) in [6, 6.07) is 10.3. The molecule has 0 atom stereocenters. The van der Waals surface area contributed by atoms with Crippen molar-refractivity contribution in [3.05, 3.63) is 56.5 Å². The Kier molecular flexibility index (Phi) is 9.98. The van der Waals surface area contributed by atoms with Crippen LogP contribution in [0.4, 0.5) is 0 Å². The fraction of sp³-hybridized carbons (Fsp3) is 0.250. The topological polar surface area (TPSA) is 30.5 Å². The molecule has 0 amide bonds. The lowest BCUT2D eigenvalue weighted by atomic mass is 10.3. The first-order valence-corrected chi connectivity index (χ1v) is 8.44. The van der Waals surface area contributed by atoms with Gasteiger partial charge in [-0.1, -0.05) is 46.4 Å². The monoisotopic (exact) mass is 428 g/mol. The van der Waals surface area contributed by atoms with E-state index < -0.39 is 0 Å². The van der Waals surface area contributed by atoms with Crippen molar-refractivity contribution in [3.63, 3.8) is 0 Å². The zero-order chi connectivity index (χ0) is 16.7. The summed E-state index contributed by atoms with van der Waals surface area (Å²) in [5.74, 6) is 1.23. The molecule has 3 nitrogen and oxygen atoms in total. The predicted molar refractivity (Wildman–Crippen MR) is 96.8 cm³/mol. The van der Waals surface area contributed by atoms with Gasteiger partial charge >= 0.3 is 0 Å². The minimum Gasteiger partial charge on any atom is -1.00 e. The minimum atomic E-state index is 0. The first-order chi connectivity index (χ1) is 11.1. The van der Waals surface area contributed by atoms with Gasteiger partial charge in [0.15, 0.2) is 0 Å². The lowest BCUT2D eigenvalue weighted by molar-refractivity contribution is -0.00000514. The molecule has 0 aliphatic rings. The van der Waals surface area contributed by atoms with Crippen LogP contribution in [0.5, 0.6) is 11.5 Å². The lowest BCUT2D eigenvalue weighted by Gasteiger charge is -2.10. The van der Waals surface area contributed by atoms with Gasteiger partial charge < -0.3 is 27.2 Å². The molecule has 0 saturated carbocycles. The van der Waals surface area contributed by atoms with Gasteiger partial charge in [0.1, 0.15) is 24.7 Å². The van der Waals surface area contributed by atoms with Gasteiger partial charge in [0.05, 0.1) is 10.0 Å². The molecule has 2 aromatic rings. The van der Waals surface area contributed by atoms with Gasteiger partial charge in [-0.25, -0.2) is 0 Å². The molecule has 1 N–H and O–H groups in total. The Hall–Kier alpha value is -0.550. The SMILES string of the molecule is Clc1ccc(OCCNCCOc2ccc(Cl)cc2Cl)c(Cl)c1.[Cl-]. The highest BCUT2D eigenvalue weighted by atomic mass is 35.5. The highest BCUT2D eigenvalue weighted by Crippen LogP contribution is 2.28. The highest BCUT2D eigenvalue weighted by Gasteiger charge is 2.03. The van der Waals surface area contributed by atoms with E-state index in [4.69, 9.17) is 55.9 Å². The van der Waals surface area contributed by atoms with Gasteiger partial charge in [0.2, 0.25) is 0 Å². The number of halogens is 5. The van der Waals surface area contributed by atoms with Gasteiger partial charge in [0.25, 0.3) is 0 Å². The fourth-order valence-corrected chi connectivity index (χ4v) is 2.70. The number of ether oxygens (including phenoxy) is 2. The summed E-state index contributed by atoms with van der Waals surface area (Å²) in [6.45, 7) is 2.30. The Labute approximate surface area is 167 Å². The maximum absolute atomic E-state index is 6.01. The third kappa shape index (κ3) is 7.14. The van der Waals surface area contributed by atoms with E-state index in [1.54, 1.807) is 36.4 Å².